The van der Waals surface area contributed by atoms with Gasteiger partial charge < -0.3 is 47.5 Å². The molecule has 0 N–H and O–H groups in total. The van der Waals surface area contributed by atoms with Gasteiger partial charge in [-0.25, -0.2) is 0 Å². The van der Waals surface area contributed by atoms with Crippen molar-refractivity contribution in [3.63, 3.8) is 0 Å². The average Bonchev–Trinajstić information content (AvgIpc) is 3.55. The van der Waals surface area contributed by atoms with Crippen molar-refractivity contribution in [3.8, 4) is 23.0 Å². The zero-order chi connectivity index (χ0) is 31.3. The molecule has 0 aromatic heterocycles. The van der Waals surface area contributed by atoms with Crippen LogP contribution in [0.4, 0.5) is 0 Å². The number of rotatable bonds is 13. The van der Waals surface area contributed by atoms with Gasteiger partial charge in [-0.2, -0.15) is 0 Å². The third-order valence-corrected chi connectivity index (χ3v) is 8.14. The van der Waals surface area contributed by atoms with E-state index in [4.69, 9.17) is 42.6 Å². The van der Waals surface area contributed by atoms with Crippen LogP contribution in [0.5, 0.6) is 23.0 Å². The molecule has 3 aliphatic rings. The lowest BCUT2D eigenvalue weighted by Gasteiger charge is -2.48. The molecular weight excluding hydrogens is 582 g/mol. The first-order valence-corrected chi connectivity index (χ1v) is 14.6. The van der Waals surface area contributed by atoms with Crippen molar-refractivity contribution in [2.24, 2.45) is 0 Å². The Morgan fingerprint density at radius 3 is 1.91 bits per heavy atom. The second-order valence-electron chi connectivity index (χ2n) is 10.8. The standard InChI is InChI=1S/C34H37NO10/c1-37-18-44-32-30(41-17-22-7-11-24(40-4)12-8-22)14-26-25-13-28-29(43-20-42-28)15-27(25)34(36)35(31(26)33(32)45-19-38-2)16-21-5-9-23(39-3)10-6-21/h5-15,30-33H,16-20H2,1-4H3/t30-,31+,32+,33-/m0/s1. The molecular formula is C34H37NO10. The van der Waals surface area contributed by atoms with E-state index in [1.165, 1.54) is 0 Å². The largest absolute Gasteiger partial charge is 0.497 e. The van der Waals surface area contributed by atoms with Crippen molar-refractivity contribution in [1.29, 1.82) is 0 Å². The van der Waals surface area contributed by atoms with E-state index in [0.717, 1.165) is 33.8 Å². The predicted molar refractivity (Wildman–Crippen MR) is 162 cm³/mol. The maximum Gasteiger partial charge on any atom is 0.255 e. The van der Waals surface area contributed by atoms with E-state index in [2.05, 4.69) is 0 Å². The molecule has 4 atom stereocenters. The molecule has 0 bridgehead atoms. The number of benzene rings is 3. The van der Waals surface area contributed by atoms with Crippen molar-refractivity contribution in [2.75, 3.05) is 48.8 Å². The van der Waals surface area contributed by atoms with Crippen LogP contribution in [0.1, 0.15) is 27.0 Å². The second kappa shape index (κ2) is 13.9. The lowest BCUT2D eigenvalue weighted by atomic mass is 9.77. The molecule has 1 aliphatic carbocycles. The molecule has 45 heavy (non-hydrogen) atoms. The summed E-state index contributed by atoms with van der Waals surface area (Å²) in [4.78, 5) is 16.2. The highest BCUT2D eigenvalue weighted by Crippen LogP contribution is 2.46. The summed E-state index contributed by atoms with van der Waals surface area (Å²) in [5.41, 5.74) is 3.97. The molecule has 6 rings (SSSR count). The highest BCUT2D eigenvalue weighted by atomic mass is 16.7. The number of ether oxygens (including phenoxy) is 9. The van der Waals surface area contributed by atoms with Gasteiger partial charge in [0.05, 0.1) is 32.4 Å². The van der Waals surface area contributed by atoms with E-state index in [-0.39, 0.29) is 26.3 Å². The number of carbonyl (C=O) groups excluding carboxylic acids is 1. The molecule has 11 heteroatoms. The van der Waals surface area contributed by atoms with Crippen LogP contribution in [0.15, 0.2) is 66.7 Å². The smallest absolute Gasteiger partial charge is 0.255 e. The van der Waals surface area contributed by atoms with Crippen LogP contribution in [0, 0.1) is 0 Å². The van der Waals surface area contributed by atoms with E-state index in [1.54, 1.807) is 39.4 Å². The summed E-state index contributed by atoms with van der Waals surface area (Å²) in [6, 6.07) is 18.4. The molecule has 1 amide bonds. The topological polar surface area (TPSA) is 103 Å². The van der Waals surface area contributed by atoms with E-state index in [0.29, 0.717) is 30.2 Å². The van der Waals surface area contributed by atoms with Crippen LogP contribution in [0.25, 0.3) is 5.57 Å². The Labute approximate surface area is 262 Å². The molecule has 2 aliphatic heterocycles. The molecule has 0 unspecified atom stereocenters. The summed E-state index contributed by atoms with van der Waals surface area (Å²) in [7, 11) is 6.36. The van der Waals surface area contributed by atoms with E-state index in [9.17, 15) is 4.79 Å². The third-order valence-electron chi connectivity index (χ3n) is 8.14. The Bertz CT molecular complexity index is 1510. The molecule has 2 heterocycles. The molecule has 11 nitrogen and oxygen atoms in total. The zero-order valence-electron chi connectivity index (χ0n) is 25.7. The number of hydrogen-bond donors (Lipinski definition) is 0. The first-order valence-electron chi connectivity index (χ1n) is 14.6. The number of hydrogen-bond acceptors (Lipinski definition) is 10. The molecule has 0 radical (unpaired) electrons. The lowest BCUT2D eigenvalue weighted by molar-refractivity contribution is -0.199. The van der Waals surface area contributed by atoms with E-state index >= 15 is 0 Å². The van der Waals surface area contributed by atoms with Crippen LogP contribution in [-0.2, 0) is 36.8 Å². The summed E-state index contributed by atoms with van der Waals surface area (Å²) < 4.78 is 51.9. The molecule has 0 saturated heterocycles. The number of carbonyl (C=O) groups is 1. The highest BCUT2D eigenvalue weighted by Gasteiger charge is 2.50. The van der Waals surface area contributed by atoms with Gasteiger partial charge in [-0.05, 0) is 64.7 Å². The number of methoxy groups -OCH3 is 4. The zero-order valence-corrected chi connectivity index (χ0v) is 25.7. The fraction of sp³-hybridized carbons (Fsp3) is 0.382. The van der Waals surface area contributed by atoms with Crippen LogP contribution < -0.4 is 18.9 Å². The van der Waals surface area contributed by atoms with Crippen molar-refractivity contribution in [3.05, 3.63) is 89.0 Å². The van der Waals surface area contributed by atoms with Crippen molar-refractivity contribution < 1.29 is 47.4 Å². The van der Waals surface area contributed by atoms with E-state index in [1.807, 2.05) is 60.7 Å². The van der Waals surface area contributed by atoms with Gasteiger partial charge >= 0.3 is 0 Å². The van der Waals surface area contributed by atoms with Gasteiger partial charge in [0, 0.05) is 20.8 Å². The minimum absolute atomic E-state index is 0.00248. The molecule has 0 spiro atoms. The Morgan fingerprint density at radius 2 is 1.31 bits per heavy atom. The first kappa shape index (κ1) is 30.9. The van der Waals surface area contributed by atoms with Gasteiger partial charge in [-0.1, -0.05) is 24.3 Å². The van der Waals surface area contributed by atoms with Gasteiger partial charge in [0.1, 0.15) is 43.4 Å². The minimum Gasteiger partial charge on any atom is -0.497 e. The summed E-state index contributed by atoms with van der Waals surface area (Å²) in [6.45, 7) is 0.669. The first-order chi connectivity index (χ1) is 22.0. The molecule has 3 aromatic rings. The van der Waals surface area contributed by atoms with Gasteiger partial charge in [-0.3, -0.25) is 4.79 Å². The predicted octanol–water partition coefficient (Wildman–Crippen LogP) is 4.42. The van der Waals surface area contributed by atoms with Crippen molar-refractivity contribution in [1.82, 2.24) is 4.90 Å². The van der Waals surface area contributed by atoms with Crippen molar-refractivity contribution >= 4 is 11.5 Å². The lowest BCUT2D eigenvalue weighted by Crippen LogP contribution is -2.60. The highest BCUT2D eigenvalue weighted by molar-refractivity contribution is 6.05. The summed E-state index contributed by atoms with van der Waals surface area (Å²) in [5.74, 6) is 2.42. The minimum atomic E-state index is -0.679. The molecule has 238 valence electrons. The van der Waals surface area contributed by atoms with Crippen LogP contribution >= 0.6 is 0 Å². The Balaban J connectivity index is 1.44. The van der Waals surface area contributed by atoms with Crippen LogP contribution in [0.3, 0.4) is 0 Å². The second-order valence-corrected chi connectivity index (χ2v) is 10.8. The Hall–Kier alpha value is -4.13. The molecule has 0 saturated carbocycles. The van der Waals surface area contributed by atoms with E-state index < -0.39 is 24.4 Å². The van der Waals surface area contributed by atoms with Crippen molar-refractivity contribution in [2.45, 2.75) is 37.5 Å². The monoisotopic (exact) mass is 619 g/mol. The normalized spacial score (nSPS) is 21.6. The molecule has 3 aromatic carbocycles. The summed E-state index contributed by atoms with van der Waals surface area (Å²) >= 11 is 0. The van der Waals surface area contributed by atoms with Crippen LogP contribution in [-0.4, -0.2) is 84.0 Å². The fourth-order valence-corrected chi connectivity index (χ4v) is 5.97. The van der Waals surface area contributed by atoms with Gasteiger partial charge in [0.15, 0.2) is 11.5 Å². The van der Waals surface area contributed by atoms with Crippen LogP contribution in [0.2, 0.25) is 0 Å². The van der Waals surface area contributed by atoms with Gasteiger partial charge in [0.2, 0.25) is 6.79 Å². The number of nitrogens with zero attached hydrogens (tertiary/aromatic N) is 1. The molecule has 0 fully saturated rings. The Morgan fingerprint density at radius 1 is 0.733 bits per heavy atom. The number of amides is 1. The quantitative estimate of drug-likeness (QED) is 0.256. The maximum absolute atomic E-state index is 14.4. The van der Waals surface area contributed by atoms with Gasteiger partial charge in [0.25, 0.3) is 5.91 Å². The average molecular weight is 620 g/mol. The van der Waals surface area contributed by atoms with Gasteiger partial charge in [-0.15, -0.1) is 0 Å². The summed E-state index contributed by atoms with van der Waals surface area (Å²) in [6.07, 6.45) is 0.135. The third kappa shape index (κ3) is 6.35. The summed E-state index contributed by atoms with van der Waals surface area (Å²) in [5, 5.41) is 0. The fourth-order valence-electron chi connectivity index (χ4n) is 5.97. The SMILES string of the molecule is COCO[C@@H]1[C@H](OCOC)[C@@H](OCc2ccc(OC)cc2)C=C2c3cc4c(cc3C(=O)N(Cc3ccc(OC)cc3)[C@H]21)OCO4. The number of fused-ring (bicyclic) bond motifs is 4. The maximum atomic E-state index is 14.4. The Kier molecular flexibility index (Phi) is 9.53.